The number of fused-ring (bicyclic) bond motifs is 4. The van der Waals surface area contributed by atoms with Gasteiger partial charge in [-0.15, -0.1) is 0 Å². The fourth-order valence-corrected chi connectivity index (χ4v) is 16.6. The number of ether oxygens (including phenoxy) is 4. The molecule has 0 aliphatic carbocycles. The summed E-state index contributed by atoms with van der Waals surface area (Å²) < 4.78 is 30.8. The average molecular weight is 1960 g/mol. The van der Waals surface area contributed by atoms with Crippen LogP contribution in [0.1, 0.15) is 120 Å². The van der Waals surface area contributed by atoms with Gasteiger partial charge in [0.2, 0.25) is 0 Å². The summed E-state index contributed by atoms with van der Waals surface area (Å²) in [6, 6.07) is 61.1. The molecule has 143 heavy (non-hydrogen) atoms. The van der Waals surface area contributed by atoms with Gasteiger partial charge in [0.05, 0.1) is 50.8 Å². The van der Waals surface area contributed by atoms with Crippen LogP contribution in [0.4, 0.5) is 23.3 Å². The summed E-state index contributed by atoms with van der Waals surface area (Å²) in [6.45, 7) is 5.04. The van der Waals surface area contributed by atoms with Gasteiger partial charge in [-0.05, 0) is 72.2 Å². The van der Waals surface area contributed by atoms with E-state index in [1.54, 1.807) is 46.0 Å². The minimum absolute atomic E-state index is 0. The Morgan fingerprint density at radius 3 is 0.552 bits per heavy atom. The fourth-order valence-electron chi connectivity index (χ4n) is 16.6. The molecule has 8 aromatic heterocycles. The number of anilines is 4. The number of Topliss-reactive ketones (excluding diaryl/α,β-unsaturated/α-hetero) is 4. The first-order chi connectivity index (χ1) is 68.8. The first kappa shape index (κ1) is 109. The van der Waals surface area contributed by atoms with Gasteiger partial charge in [-0.2, -0.15) is 0 Å². The van der Waals surface area contributed by atoms with E-state index in [0.29, 0.717) is 90.2 Å². The summed E-state index contributed by atoms with van der Waals surface area (Å²) in [4.78, 5) is 98.4. The lowest BCUT2D eigenvalue weighted by molar-refractivity contribution is -0.0426. The van der Waals surface area contributed by atoms with E-state index in [2.05, 4.69) is 59.8 Å². The van der Waals surface area contributed by atoms with Crippen molar-refractivity contribution in [2.75, 3.05) is 84.9 Å². The highest BCUT2D eigenvalue weighted by Gasteiger charge is 2.42. The molecule has 0 unspecified atom stereocenters. The molecule has 16 aromatic rings. The number of rotatable bonds is 20. The lowest BCUT2D eigenvalue weighted by Crippen LogP contribution is -2.24. The van der Waals surface area contributed by atoms with Crippen molar-refractivity contribution < 1.29 is 110 Å². The number of nitrogen functional groups attached to an aromatic ring is 4. The van der Waals surface area contributed by atoms with E-state index in [1.807, 2.05) is 194 Å². The van der Waals surface area contributed by atoms with Gasteiger partial charge in [0.1, 0.15) is 97.9 Å². The van der Waals surface area contributed by atoms with Gasteiger partial charge in [0.25, 0.3) is 0 Å². The molecular weight excluding hydrogens is 1850 g/mol. The van der Waals surface area contributed by atoms with E-state index in [9.17, 15) is 60.0 Å². The van der Waals surface area contributed by atoms with Crippen molar-refractivity contribution in [3.63, 3.8) is 0 Å². The minimum Gasteiger partial charge on any atom is -0.412 e. The second-order valence-corrected chi connectivity index (χ2v) is 32.2. The third-order valence-electron chi connectivity index (χ3n) is 23.8. The number of imidazole rings is 4. The third kappa shape index (κ3) is 23.8. The molecule has 0 saturated carbocycles. The summed E-state index contributed by atoms with van der Waals surface area (Å²) in [6.07, 6.45) is -1.59. The van der Waals surface area contributed by atoms with Crippen LogP contribution in [0.25, 0.3) is 135 Å². The van der Waals surface area contributed by atoms with Crippen LogP contribution in [0.2, 0.25) is 0 Å². The van der Waals surface area contributed by atoms with Crippen molar-refractivity contribution in [3.8, 4) is 90.1 Å². The smallest absolute Gasteiger partial charge is 0.168 e. The summed E-state index contributed by atoms with van der Waals surface area (Å²) in [7, 11) is 5.00. The number of hydrogen-bond acceptors (Lipinski definition) is 37. The average Bonchev–Trinajstić information content (AvgIpc) is 1.62. The van der Waals surface area contributed by atoms with Gasteiger partial charge in [0, 0.05) is 106 Å². The quantitative estimate of drug-likeness (QED) is 0.0327. The first-order valence-electron chi connectivity index (χ1n) is 44.7. The second-order valence-electron chi connectivity index (χ2n) is 32.2. The maximum Gasteiger partial charge on any atom is 0.168 e. The molecule has 0 bridgehead atoms. The lowest BCUT2D eigenvalue weighted by atomic mass is 10.0. The number of nitrogens with zero attached hydrogens (tertiary/aromatic N) is 16. The van der Waals surface area contributed by atoms with Crippen LogP contribution in [0.15, 0.2) is 219 Å². The number of aliphatic hydroxyl groups excluding tert-OH is 13. The topological polar surface area (TPSA) is 678 Å². The van der Waals surface area contributed by atoms with Crippen LogP contribution in [-0.4, -0.2) is 284 Å². The zero-order valence-electron chi connectivity index (χ0n) is 79.4. The van der Waals surface area contributed by atoms with Crippen molar-refractivity contribution in [1.82, 2.24) is 78.1 Å². The Morgan fingerprint density at radius 2 is 0.413 bits per heavy atom. The van der Waals surface area contributed by atoms with Crippen LogP contribution in [0.3, 0.4) is 0 Å². The highest BCUT2D eigenvalue weighted by atomic mass is 16.6. The molecule has 23 N–H and O–H groups in total. The molecule has 4 fully saturated rings. The van der Waals surface area contributed by atoms with E-state index in [1.165, 1.54) is 25.3 Å². The molecule has 12 heterocycles. The summed E-state index contributed by atoms with van der Waals surface area (Å²) in [5, 5.41) is 114. The number of carbonyl (C=O) groups is 4. The predicted octanol–water partition coefficient (Wildman–Crippen LogP) is 7.56. The van der Waals surface area contributed by atoms with E-state index >= 15 is 0 Å². The lowest BCUT2D eigenvalue weighted by Gasteiger charge is -2.17. The van der Waals surface area contributed by atoms with Gasteiger partial charge in [-0.25, -0.2) is 59.8 Å². The van der Waals surface area contributed by atoms with Gasteiger partial charge < -0.3 is 114 Å². The van der Waals surface area contributed by atoms with E-state index in [4.69, 9.17) is 67.4 Å². The number of carbonyl (C=O) groups excluding carboxylic acids is 4. The number of aromatic nitrogens is 16. The number of nitrogens with two attached hydrogens (primary N) is 4. The molecule has 8 aromatic carbocycles. The fraction of sp³-hybridized carbons (Fsp3) is 0.287. The molecule has 4 saturated heterocycles. The SMILES string of the molecule is CC(=O)c1ccc(-c2ccc(-c3nc4c(N)ncnc4n3[C@H]3C[C@H](O)[C@@H](CO)O3)cc2)cc1.CC(=O)c1ccc(-c2ccc(-c3nc4c(N)ncnc4n3[C@H]3C[C@H](O)[C@@H](CO)O3)cc2)cc1.CC(=O)c1ccc(-c2ccc(-c3nc4c(N)ncnc4n3[C@H]3C[C@H](O)[C@@H](CO)O3)cc2)cc1.CC(=O)c1ccc(-c2ccc(-c3nc4c(N)ncnc4n3[C@H]3C[C@H](O)[C@@H](CO)O3)cc2)cc1.CO.CO.CO.CO.CO.O. The highest BCUT2D eigenvalue weighted by molar-refractivity contribution is 5.97. The Balaban J connectivity index is 0.000000176. The summed E-state index contributed by atoms with van der Waals surface area (Å²) >= 11 is 0. The van der Waals surface area contributed by atoms with Crippen LogP contribution in [-0.2, 0) is 18.9 Å². The van der Waals surface area contributed by atoms with Crippen molar-refractivity contribution in [3.05, 3.63) is 242 Å². The standard InChI is InChI=1S/4C24H23N5O4.5CH4O.H2O/c4*1-13(31)14-2-4-15(5-3-14)16-6-8-17(9-7-16)23-28-21-22(25)26-12-27-24(21)29(23)20-10-18(32)19(11-30)33-20;5*1-2;/h4*2-9,12,18-20,30,32H,10-11H2,1H3,(H2,25,26,27);5*2H,1H3;1H2/t4*18-,19+,20+;;;;;;/m0000....../s1. The van der Waals surface area contributed by atoms with Crippen LogP contribution >= 0.6 is 0 Å². The normalized spacial score (nSPS) is 19.0. The van der Waals surface area contributed by atoms with Crippen LogP contribution in [0, 0.1) is 0 Å². The summed E-state index contributed by atoms with van der Waals surface area (Å²) in [5.74, 6) is 3.41. The molecule has 0 amide bonds. The van der Waals surface area contributed by atoms with Crippen molar-refractivity contribution in [1.29, 1.82) is 0 Å². The molecule has 42 nitrogen and oxygen atoms in total. The van der Waals surface area contributed by atoms with E-state index in [-0.39, 0.29) is 104 Å². The van der Waals surface area contributed by atoms with Crippen molar-refractivity contribution in [2.24, 2.45) is 0 Å². The molecule has 20 rings (SSSR count). The maximum absolute atomic E-state index is 11.5. The van der Waals surface area contributed by atoms with Crippen LogP contribution < -0.4 is 22.9 Å². The van der Waals surface area contributed by atoms with Gasteiger partial charge >= 0.3 is 0 Å². The number of benzene rings is 8. The predicted molar refractivity (Wildman–Crippen MR) is 533 cm³/mol. The maximum atomic E-state index is 11.5. The molecular formula is C101H114N20O22. The molecule has 0 radical (unpaired) electrons. The Labute approximate surface area is 818 Å². The summed E-state index contributed by atoms with van der Waals surface area (Å²) in [5.41, 5.74) is 41.8. The monoisotopic (exact) mass is 1960 g/mol. The molecule has 4 aliphatic rings. The largest absolute Gasteiger partial charge is 0.412 e. The second kappa shape index (κ2) is 50.0. The molecule has 4 aliphatic heterocycles. The van der Waals surface area contributed by atoms with E-state index < -0.39 is 73.7 Å². The van der Waals surface area contributed by atoms with Crippen molar-refractivity contribution in [2.45, 2.75) is 127 Å². The zero-order chi connectivity index (χ0) is 102. The minimum atomic E-state index is -0.801. The number of aliphatic hydroxyl groups is 13. The molecule has 42 heteroatoms. The van der Waals surface area contributed by atoms with E-state index in [0.717, 1.165) is 102 Å². The Kier molecular flexibility index (Phi) is 37.9. The van der Waals surface area contributed by atoms with Crippen molar-refractivity contribution >= 4 is 91.1 Å². The Bertz CT molecular complexity index is 6120. The van der Waals surface area contributed by atoms with Gasteiger partial charge in [-0.3, -0.25) is 37.4 Å². The third-order valence-corrected chi connectivity index (χ3v) is 23.8. The number of hydrogen-bond donors (Lipinski definition) is 17. The molecule has 0 spiro atoms. The molecule has 750 valence electrons. The first-order valence-corrected chi connectivity index (χ1v) is 44.7. The number of ketones is 4. The van der Waals surface area contributed by atoms with Gasteiger partial charge in [0.15, 0.2) is 91.1 Å². The Morgan fingerprint density at radius 1 is 0.266 bits per heavy atom. The zero-order valence-corrected chi connectivity index (χ0v) is 79.4. The highest BCUT2D eigenvalue weighted by Crippen LogP contribution is 2.43. The Hall–Kier alpha value is -14.9. The van der Waals surface area contributed by atoms with Crippen LogP contribution in [0.5, 0.6) is 0 Å². The molecule has 12 atom stereocenters. The van der Waals surface area contributed by atoms with Gasteiger partial charge in [-0.1, -0.05) is 194 Å².